The normalized spacial score (nSPS) is 24.4. The molecule has 2 aromatic carbocycles. The van der Waals surface area contributed by atoms with E-state index in [1.54, 1.807) is 0 Å². The van der Waals surface area contributed by atoms with Crippen LogP contribution in [-0.2, 0) is 24.7 Å². The third-order valence-corrected chi connectivity index (χ3v) is 5.90. The van der Waals surface area contributed by atoms with Crippen molar-refractivity contribution in [3.05, 3.63) is 68.8 Å². The maximum atomic E-state index is 14.9. The van der Waals surface area contributed by atoms with Crippen LogP contribution in [0.1, 0.15) is 33.4 Å². The average molecular weight is 406 g/mol. The first-order valence-electron chi connectivity index (χ1n) is 8.60. The summed E-state index contributed by atoms with van der Waals surface area (Å²) in [6.45, 7) is 2.37. The lowest BCUT2D eigenvalue weighted by atomic mass is 9.83. The molecule has 8 heteroatoms. The van der Waals surface area contributed by atoms with Crippen LogP contribution in [0.5, 0.6) is 0 Å². The zero-order valence-electron chi connectivity index (χ0n) is 14.7. The highest BCUT2D eigenvalue weighted by Gasteiger charge is 2.63. The number of rotatable bonds is 1. The predicted molar refractivity (Wildman–Crippen MR) is 84.4 cm³/mol. The highest BCUT2D eigenvalue weighted by atomic mass is 19.3. The van der Waals surface area contributed by atoms with E-state index in [1.807, 2.05) is 0 Å². The molecule has 0 N–H and O–H groups in total. The molecule has 2 aliphatic rings. The number of benzene rings is 2. The van der Waals surface area contributed by atoms with Gasteiger partial charge in [-0.05, 0) is 48.9 Å². The van der Waals surface area contributed by atoms with Crippen molar-refractivity contribution in [3.8, 4) is 0 Å². The molecule has 0 bridgehead atoms. The van der Waals surface area contributed by atoms with Gasteiger partial charge in [0.05, 0.1) is 11.1 Å². The second kappa shape index (κ2) is 5.70. The van der Waals surface area contributed by atoms with E-state index in [0.29, 0.717) is 0 Å². The van der Waals surface area contributed by atoms with Crippen LogP contribution in [-0.4, -0.2) is 0 Å². The van der Waals surface area contributed by atoms with E-state index >= 15 is 0 Å². The van der Waals surface area contributed by atoms with Gasteiger partial charge in [-0.1, -0.05) is 12.1 Å². The van der Waals surface area contributed by atoms with Gasteiger partial charge in [0, 0.05) is 11.8 Å². The van der Waals surface area contributed by atoms with Gasteiger partial charge < -0.3 is 0 Å². The van der Waals surface area contributed by atoms with Crippen LogP contribution < -0.4 is 0 Å². The van der Waals surface area contributed by atoms with Crippen LogP contribution in [0.15, 0.2) is 12.1 Å². The Balaban J connectivity index is 1.83. The molecule has 0 aromatic heterocycles. The molecule has 0 nitrogen and oxygen atoms in total. The number of halogens is 8. The summed E-state index contributed by atoms with van der Waals surface area (Å²) in [5.41, 5.74) is -3.37. The minimum Gasteiger partial charge on any atom is -0.203 e. The largest absolute Gasteiger partial charge is 0.280 e. The van der Waals surface area contributed by atoms with Gasteiger partial charge in [0.2, 0.25) is 0 Å². The number of fused-ring (bicyclic) bond motifs is 2. The molecular formula is C20H14F8. The zero-order chi connectivity index (χ0) is 20.8. The molecule has 0 spiro atoms. The summed E-state index contributed by atoms with van der Waals surface area (Å²) < 4.78 is 116. The lowest BCUT2D eigenvalue weighted by Gasteiger charge is -2.30. The number of alkyl halides is 4. The lowest BCUT2D eigenvalue weighted by molar-refractivity contribution is -0.147. The molecule has 0 radical (unpaired) electrons. The minimum absolute atomic E-state index is 0.210. The molecule has 2 aromatic rings. The molecule has 1 unspecified atom stereocenters. The summed E-state index contributed by atoms with van der Waals surface area (Å²) in [6, 6.07) is 2.04. The van der Waals surface area contributed by atoms with Gasteiger partial charge in [0.25, 0.3) is 11.8 Å². The standard InChI is InChI=1S/C20H14F8/c1-7-3-9-5-11(19(25,26)13(9)17(23)15(7)21)12-6-10-4-8(2)16(22)18(24)14(10)20(12,27)28/h3-4,11-12H,5-6H2,1-2H3/t11-,12?/m0/s1. The van der Waals surface area contributed by atoms with Crippen LogP contribution in [0, 0.1) is 49.0 Å². The van der Waals surface area contributed by atoms with Gasteiger partial charge in [0.1, 0.15) is 0 Å². The molecule has 0 heterocycles. The predicted octanol–water partition coefficient (Wildman–Crippen LogP) is 6.09. The Morgan fingerprint density at radius 1 is 0.643 bits per heavy atom. The first kappa shape index (κ1) is 19.2. The quantitative estimate of drug-likeness (QED) is 0.503. The van der Waals surface area contributed by atoms with E-state index in [2.05, 4.69) is 0 Å². The van der Waals surface area contributed by atoms with Crippen LogP contribution in [0.3, 0.4) is 0 Å². The van der Waals surface area contributed by atoms with E-state index in [1.165, 1.54) is 13.8 Å². The minimum atomic E-state index is -4.08. The molecule has 0 fully saturated rings. The topological polar surface area (TPSA) is 0 Å². The third-order valence-electron chi connectivity index (χ3n) is 5.90. The van der Waals surface area contributed by atoms with Crippen molar-refractivity contribution in [1.29, 1.82) is 0 Å². The van der Waals surface area contributed by atoms with E-state index in [-0.39, 0.29) is 22.3 Å². The van der Waals surface area contributed by atoms with Crippen molar-refractivity contribution >= 4 is 0 Å². The summed E-state index contributed by atoms with van der Waals surface area (Å²) >= 11 is 0. The molecule has 4 rings (SSSR count). The highest BCUT2D eigenvalue weighted by Crippen LogP contribution is 2.59. The third kappa shape index (κ3) is 2.29. The van der Waals surface area contributed by atoms with Crippen LogP contribution >= 0.6 is 0 Å². The van der Waals surface area contributed by atoms with E-state index < -0.39 is 70.9 Å². The summed E-state index contributed by atoms with van der Waals surface area (Å²) in [7, 11) is 0. The maximum Gasteiger partial charge on any atom is 0.280 e. The Labute approximate surface area is 155 Å². The Bertz CT molecular complexity index is 927. The van der Waals surface area contributed by atoms with Gasteiger partial charge in [-0.3, -0.25) is 0 Å². The molecule has 2 aliphatic carbocycles. The van der Waals surface area contributed by atoms with E-state index in [9.17, 15) is 35.1 Å². The molecule has 0 aliphatic heterocycles. The fraction of sp³-hybridized carbons (Fsp3) is 0.400. The summed E-state index contributed by atoms with van der Waals surface area (Å²) in [4.78, 5) is 0. The Kier molecular flexibility index (Phi) is 3.91. The molecule has 2 atom stereocenters. The molecule has 28 heavy (non-hydrogen) atoms. The highest BCUT2D eigenvalue weighted by molar-refractivity contribution is 5.46. The number of aryl methyl sites for hydroxylation is 2. The van der Waals surface area contributed by atoms with Crippen molar-refractivity contribution < 1.29 is 35.1 Å². The zero-order valence-corrected chi connectivity index (χ0v) is 14.7. The first-order valence-corrected chi connectivity index (χ1v) is 8.60. The number of hydrogen-bond acceptors (Lipinski definition) is 0. The Hall–Kier alpha value is -2.12. The van der Waals surface area contributed by atoms with Gasteiger partial charge in [-0.2, -0.15) is 0 Å². The monoisotopic (exact) mass is 406 g/mol. The second-order valence-electron chi connectivity index (χ2n) is 7.58. The molecule has 150 valence electrons. The van der Waals surface area contributed by atoms with Crippen LogP contribution in [0.2, 0.25) is 0 Å². The van der Waals surface area contributed by atoms with Gasteiger partial charge in [0.15, 0.2) is 23.3 Å². The maximum absolute atomic E-state index is 14.9. The second-order valence-corrected chi connectivity index (χ2v) is 7.58. The molecular weight excluding hydrogens is 392 g/mol. The lowest BCUT2D eigenvalue weighted by Crippen LogP contribution is -2.37. The van der Waals surface area contributed by atoms with Crippen LogP contribution in [0.4, 0.5) is 35.1 Å². The Morgan fingerprint density at radius 3 is 1.29 bits per heavy atom. The van der Waals surface area contributed by atoms with Gasteiger partial charge in [-0.25, -0.2) is 35.1 Å². The van der Waals surface area contributed by atoms with E-state index in [0.717, 1.165) is 12.1 Å². The molecule has 0 saturated carbocycles. The van der Waals surface area contributed by atoms with Gasteiger partial charge >= 0.3 is 0 Å². The SMILES string of the molecule is Cc1cc2c(c(F)c1F)C(F)(F)C([C@@H]1Cc3cc(C)c(F)c(F)c3C1(F)F)C2. The smallest absolute Gasteiger partial charge is 0.203 e. The Morgan fingerprint density at radius 2 is 0.964 bits per heavy atom. The van der Waals surface area contributed by atoms with Crippen molar-refractivity contribution in [3.63, 3.8) is 0 Å². The number of hydrogen-bond donors (Lipinski definition) is 0. The first-order chi connectivity index (χ1) is 12.9. The van der Waals surface area contributed by atoms with Gasteiger partial charge in [-0.15, -0.1) is 0 Å². The fourth-order valence-electron chi connectivity index (χ4n) is 4.58. The van der Waals surface area contributed by atoms with Crippen LogP contribution in [0.25, 0.3) is 0 Å². The summed E-state index contributed by atoms with van der Waals surface area (Å²) in [6.07, 6.45) is -1.23. The molecule has 0 saturated heterocycles. The van der Waals surface area contributed by atoms with Crippen molar-refractivity contribution in [2.24, 2.45) is 11.8 Å². The van der Waals surface area contributed by atoms with Crippen molar-refractivity contribution in [2.45, 2.75) is 38.5 Å². The fourth-order valence-corrected chi connectivity index (χ4v) is 4.58. The van der Waals surface area contributed by atoms with Crippen molar-refractivity contribution in [1.82, 2.24) is 0 Å². The summed E-state index contributed by atoms with van der Waals surface area (Å²) in [5, 5.41) is 0. The van der Waals surface area contributed by atoms with E-state index in [4.69, 9.17) is 0 Å². The summed E-state index contributed by atoms with van der Waals surface area (Å²) in [5.74, 6) is -18.7. The van der Waals surface area contributed by atoms with Crippen molar-refractivity contribution in [2.75, 3.05) is 0 Å². The molecule has 0 amide bonds. The average Bonchev–Trinajstić information content (AvgIpc) is 2.99.